The van der Waals surface area contributed by atoms with E-state index in [-0.39, 0.29) is 0 Å². The lowest BCUT2D eigenvalue weighted by atomic mass is 10.2. The molecule has 0 bridgehead atoms. The van der Waals surface area contributed by atoms with E-state index in [1.807, 2.05) is 0 Å². The predicted octanol–water partition coefficient (Wildman–Crippen LogP) is 0.0799. The summed E-state index contributed by atoms with van der Waals surface area (Å²) in [6.45, 7) is 0. The number of carbonyl (C=O) groups is 1. The van der Waals surface area contributed by atoms with Gasteiger partial charge in [-0.3, -0.25) is 4.79 Å². The number of dihydropyridines is 1. The largest absolute Gasteiger partial charge is 0.366 e. The van der Waals surface area contributed by atoms with Crippen LogP contribution in [0.2, 0.25) is 0 Å². The Balaban J connectivity index is 2.80. The minimum atomic E-state index is -1.23. The molecule has 0 spiro atoms. The first-order valence-corrected chi connectivity index (χ1v) is 3.14. The van der Waals surface area contributed by atoms with Gasteiger partial charge >= 0.3 is 0 Å². The maximum Gasteiger partial charge on any atom is 0.262 e. The van der Waals surface area contributed by atoms with Gasteiger partial charge in [-0.25, -0.2) is 0 Å². The van der Waals surface area contributed by atoms with Crippen molar-refractivity contribution in [3.8, 4) is 0 Å². The predicted molar refractivity (Wildman–Crippen MR) is 39.2 cm³/mol. The SMILES string of the molecule is NC(=O)C1(Cl)C=CC=CN1. The van der Waals surface area contributed by atoms with Crippen molar-refractivity contribution < 1.29 is 4.79 Å². The first kappa shape index (κ1) is 7.15. The van der Waals surface area contributed by atoms with Crippen LogP contribution >= 0.6 is 11.6 Å². The van der Waals surface area contributed by atoms with Gasteiger partial charge in [-0.05, 0) is 18.4 Å². The molecular weight excluding hydrogens is 152 g/mol. The maximum absolute atomic E-state index is 10.6. The Morgan fingerprint density at radius 2 is 2.30 bits per heavy atom. The first-order chi connectivity index (χ1) is 4.65. The van der Waals surface area contributed by atoms with Crippen LogP contribution in [0.4, 0.5) is 0 Å². The highest BCUT2D eigenvalue weighted by Gasteiger charge is 2.30. The Labute approximate surface area is 63.5 Å². The summed E-state index contributed by atoms with van der Waals surface area (Å²) in [7, 11) is 0. The van der Waals surface area contributed by atoms with Gasteiger partial charge in [0, 0.05) is 0 Å². The summed E-state index contributed by atoms with van der Waals surface area (Å²) in [5.41, 5.74) is 4.98. The molecule has 4 heteroatoms. The lowest BCUT2D eigenvalue weighted by Gasteiger charge is -2.21. The number of allylic oxidation sites excluding steroid dienone is 2. The summed E-state index contributed by atoms with van der Waals surface area (Å²) < 4.78 is 0. The van der Waals surface area contributed by atoms with Gasteiger partial charge in [0.25, 0.3) is 5.91 Å². The molecule has 1 atom stereocenters. The molecule has 0 saturated heterocycles. The summed E-state index contributed by atoms with van der Waals surface area (Å²) in [5.74, 6) is -0.602. The quantitative estimate of drug-likeness (QED) is 0.420. The zero-order valence-electron chi connectivity index (χ0n) is 5.17. The molecule has 1 unspecified atom stereocenters. The van der Waals surface area contributed by atoms with Crippen LogP contribution in [0.25, 0.3) is 0 Å². The number of primary amides is 1. The number of halogens is 1. The Kier molecular flexibility index (Phi) is 1.68. The Bertz CT molecular complexity index is 212. The second-order valence-corrected chi connectivity index (χ2v) is 2.53. The third-order valence-corrected chi connectivity index (χ3v) is 1.61. The van der Waals surface area contributed by atoms with Crippen molar-refractivity contribution in [3.05, 3.63) is 24.4 Å². The van der Waals surface area contributed by atoms with Crippen LogP contribution in [0.1, 0.15) is 0 Å². The van der Waals surface area contributed by atoms with Gasteiger partial charge in [-0.15, -0.1) is 0 Å². The number of rotatable bonds is 1. The van der Waals surface area contributed by atoms with Gasteiger partial charge in [0.05, 0.1) is 0 Å². The summed E-state index contributed by atoms with van der Waals surface area (Å²) in [6, 6.07) is 0. The molecule has 3 nitrogen and oxygen atoms in total. The molecule has 1 amide bonds. The van der Waals surface area contributed by atoms with Crippen LogP contribution in [0.3, 0.4) is 0 Å². The Hall–Kier alpha value is -0.960. The van der Waals surface area contributed by atoms with Crippen molar-refractivity contribution in [2.75, 3.05) is 0 Å². The van der Waals surface area contributed by atoms with Gasteiger partial charge < -0.3 is 11.1 Å². The standard InChI is InChI=1S/C6H7ClN2O/c7-6(5(8)10)3-1-2-4-9-6/h1-4,9H,(H2,8,10). The highest BCUT2D eigenvalue weighted by atomic mass is 35.5. The van der Waals surface area contributed by atoms with Crippen LogP contribution in [0.5, 0.6) is 0 Å². The average molecular weight is 159 g/mol. The minimum absolute atomic E-state index is 0.602. The summed E-state index contributed by atoms with van der Waals surface area (Å²) in [5, 5.41) is 2.62. The molecule has 3 N–H and O–H groups in total. The lowest BCUT2D eigenvalue weighted by Crippen LogP contribution is -2.47. The van der Waals surface area contributed by atoms with Gasteiger partial charge in [-0.2, -0.15) is 0 Å². The fourth-order valence-electron chi connectivity index (χ4n) is 0.614. The van der Waals surface area contributed by atoms with Gasteiger partial charge in [0.15, 0.2) is 0 Å². The molecule has 0 aromatic rings. The summed E-state index contributed by atoms with van der Waals surface area (Å²) >= 11 is 5.69. The molecule has 0 fully saturated rings. The average Bonchev–Trinajstić information content (AvgIpc) is 1.89. The topological polar surface area (TPSA) is 55.1 Å². The fraction of sp³-hybridized carbons (Fsp3) is 0.167. The first-order valence-electron chi connectivity index (χ1n) is 2.76. The lowest BCUT2D eigenvalue weighted by molar-refractivity contribution is -0.119. The van der Waals surface area contributed by atoms with Crippen LogP contribution in [0, 0.1) is 0 Å². The molecule has 1 rings (SSSR count). The number of nitrogens with one attached hydrogen (secondary N) is 1. The second-order valence-electron chi connectivity index (χ2n) is 1.94. The Morgan fingerprint density at radius 3 is 2.60 bits per heavy atom. The third kappa shape index (κ3) is 1.14. The van der Waals surface area contributed by atoms with E-state index in [0.717, 1.165) is 0 Å². The zero-order valence-corrected chi connectivity index (χ0v) is 5.93. The summed E-state index contributed by atoms with van der Waals surface area (Å²) in [4.78, 5) is 9.39. The van der Waals surface area contributed by atoms with E-state index >= 15 is 0 Å². The number of amides is 1. The second kappa shape index (κ2) is 2.34. The normalized spacial score (nSPS) is 29.7. The van der Waals surface area contributed by atoms with E-state index in [1.165, 1.54) is 6.08 Å². The molecule has 1 aliphatic heterocycles. The van der Waals surface area contributed by atoms with Crippen molar-refractivity contribution in [2.24, 2.45) is 5.73 Å². The maximum atomic E-state index is 10.6. The van der Waals surface area contributed by atoms with E-state index in [2.05, 4.69) is 5.32 Å². The highest BCUT2D eigenvalue weighted by molar-refractivity contribution is 6.36. The molecule has 0 radical (unpaired) electrons. The van der Waals surface area contributed by atoms with E-state index in [1.54, 1.807) is 18.4 Å². The number of carbonyl (C=O) groups excluding carboxylic acids is 1. The van der Waals surface area contributed by atoms with Crippen molar-refractivity contribution in [1.82, 2.24) is 5.32 Å². The minimum Gasteiger partial charge on any atom is -0.366 e. The van der Waals surface area contributed by atoms with Crippen molar-refractivity contribution in [3.63, 3.8) is 0 Å². The number of nitrogens with two attached hydrogens (primary N) is 1. The smallest absolute Gasteiger partial charge is 0.262 e. The summed E-state index contributed by atoms with van der Waals surface area (Å²) in [6.07, 6.45) is 6.45. The van der Waals surface area contributed by atoms with Crippen LogP contribution in [-0.4, -0.2) is 10.9 Å². The van der Waals surface area contributed by atoms with Crippen LogP contribution < -0.4 is 11.1 Å². The Morgan fingerprint density at radius 1 is 1.60 bits per heavy atom. The number of hydrogen-bond donors (Lipinski definition) is 2. The monoisotopic (exact) mass is 158 g/mol. The molecule has 0 aromatic heterocycles. The third-order valence-electron chi connectivity index (χ3n) is 1.19. The van der Waals surface area contributed by atoms with Crippen LogP contribution in [0.15, 0.2) is 24.4 Å². The van der Waals surface area contributed by atoms with E-state index in [0.29, 0.717) is 0 Å². The highest BCUT2D eigenvalue weighted by Crippen LogP contribution is 2.14. The molecule has 0 saturated carbocycles. The van der Waals surface area contributed by atoms with E-state index in [9.17, 15) is 4.79 Å². The van der Waals surface area contributed by atoms with Crippen molar-refractivity contribution in [2.45, 2.75) is 5.00 Å². The number of hydrogen-bond acceptors (Lipinski definition) is 2. The van der Waals surface area contributed by atoms with Crippen molar-refractivity contribution >= 4 is 17.5 Å². The molecule has 1 heterocycles. The van der Waals surface area contributed by atoms with Gasteiger partial charge in [0.2, 0.25) is 5.00 Å². The fourth-order valence-corrected chi connectivity index (χ4v) is 0.750. The number of alkyl halides is 1. The molecule has 0 aliphatic carbocycles. The van der Waals surface area contributed by atoms with E-state index < -0.39 is 10.9 Å². The molecule has 0 aromatic carbocycles. The zero-order chi connectivity index (χ0) is 7.61. The van der Waals surface area contributed by atoms with Crippen molar-refractivity contribution in [1.29, 1.82) is 0 Å². The molecule has 1 aliphatic rings. The molecule has 10 heavy (non-hydrogen) atoms. The van der Waals surface area contributed by atoms with Gasteiger partial charge in [0.1, 0.15) is 0 Å². The molecular formula is C6H7ClN2O. The van der Waals surface area contributed by atoms with E-state index in [4.69, 9.17) is 17.3 Å². The van der Waals surface area contributed by atoms with Crippen LogP contribution in [-0.2, 0) is 4.79 Å². The molecule has 54 valence electrons. The van der Waals surface area contributed by atoms with Gasteiger partial charge in [-0.1, -0.05) is 17.7 Å².